The third kappa shape index (κ3) is 3.82. The predicted molar refractivity (Wildman–Crippen MR) is 76.6 cm³/mol. The average molecular weight is 306 g/mol. The molecule has 0 bridgehead atoms. The van der Waals surface area contributed by atoms with Crippen molar-refractivity contribution in [3.8, 4) is 0 Å². The molecule has 1 aromatic carbocycles. The van der Waals surface area contributed by atoms with E-state index in [1.807, 2.05) is 30.3 Å². The normalized spacial score (nSPS) is 18.5. The van der Waals surface area contributed by atoms with E-state index >= 15 is 0 Å². The molecule has 0 aromatic heterocycles. The van der Waals surface area contributed by atoms with E-state index in [4.69, 9.17) is 9.94 Å². The Morgan fingerprint density at radius 2 is 2.09 bits per heavy atom. The van der Waals surface area contributed by atoms with E-state index in [0.29, 0.717) is 0 Å². The van der Waals surface area contributed by atoms with Crippen LogP contribution in [0.3, 0.4) is 0 Å². The van der Waals surface area contributed by atoms with Gasteiger partial charge >= 0.3 is 5.97 Å². The molecule has 1 saturated heterocycles. The van der Waals surface area contributed by atoms with Crippen LogP contribution in [0, 0.1) is 0 Å². The molecule has 0 radical (unpaired) electrons. The lowest BCUT2D eigenvalue weighted by atomic mass is 10.1. The number of carboxylic acids is 1. The highest BCUT2D eigenvalue weighted by atomic mass is 16.7. The van der Waals surface area contributed by atoms with Gasteiger partial charge in [-0.2, -0.15) is 0 Å². The van der Waals surface area contributed by atoms with E-state index in [1.54, 1.807) is 6.92 Å². The number of hydrogen-bond donors (Lipinski definition) is 2. The second-order valence-electron chi connectivity index (χ2n) is 5.02. The second kappa shape index (κ2) is 7.04. The summed E-state index contributed by atoms with van der Waals surface area (Å²) in [6.07, 6.45) is -0.604. The van der Waals surface area contributed by atoms with Gasteiger partial charge in [0, 0.05) is 0 Å². The number of β-lactam (4-membered cyclic amide) rings is 1. The number of benzene rings is 1. The number of carbonyl (C=O) groups is 3. The van der Waals surface area contributed by atoms with E-state index in [-0.39, 0.29) is 25.3 Å². The third-order valence-corrected chi connectivity index (χ3v) is 3.34. The fourth-order valence-corrected chi connectivity index (χ4v) is 2.07. The van der Waals surface area contributed by atoms with Gasteiger partial charge in [0.25, 0.3) is 5.91 Å². The first-order valence-corrected chi connectivity index (χ1v) is 7.05. The van der Waals surface area contributed by atoms with Crippen molar-refractivity contribution in [2.45, 2.75) is 31.9 Å². The Morgan fingerprint density at radius 1 is 1.41 bits per heavy atom. The molecule has 7 heteroatoms. The van der Waals surface area contributed by atoms with Crippen LogP contribution in [-0.2, 0) is 25.6 Å². The minimum Gasteiger partial charge on any atom is -0.479 e. The van der Waals surface area contributed by atoms with E-state index in [0.717, 1.165) is 10.6 Å². The predicted octanol–water partition coefficient (Wildman–Crippen LogP) is 0.351. The van der Waals surface area contributed by atoms with Crippen LogP contribution in [0.15, 0.2) is 30.3 Å². The molecule has 7 nitrogen and oxygen atoms in total. The standard InChI is InChI=1S/C15H18N2O5/c1-2-12(15(20)21)22-17-9-11(14(17)19)16-13(18)8-10-6-4-3-5-7-10/h3-7,11-12H,2,8-9H2,1H3,(H,16,18)(H,20,21)/t11?,12-/m0/s1. The van der Waals surface area contributed by atoms with Gasteiger partial charge in [-0.3, -0.25) is 14.4 Å². The minimum atomic E-state index is -1.12. The maximum absolute atomic E-state index is 11.8. The maximum Gasteiger partial charge on any atom is 0.335 e. The van der Waals surface area contributed by atoms with Crippen LogP contribution in [-0.4, -0.2) is 46.6 Å². The summed E-state index contributed by atoms with van der Waals surface area (Å²) >= 11 is 0. The summed E-state index contributed by atoms with van der Waals surface area (Å²) < 4.78 is 0. The summed E-state index contributed by atoms with van der Waals surface area (Å²) in [5.74, 6) is -1.80. The molecule has 1 aromatic rings. The number of hydrogen-bond acceptors (Lipinski definition) is 4. The van der Waals surface area contributed by atoms with Gasteiger partial charge in [0.15, 0.2) is 6.10 Å². The van der Waals surface area contributed by atoms with Gasteiger partial charge in [-0.1, -0.05) is 37.3 Å². The van der Waals surface area contributed by atoms with Crippen LogP contribution in [0.2, 0.25) is 0 Å². The molecule has 2 rings (SSSR count). The lowest BCUT2D eigenvalue weighted by Gasteiger charge is -2.38. The molecule has 22 heavy (non-hydrogen) atoms. The summed E-state index contributed by atoms with van der Waals surface area (Å²) in [5.41, 5.74) is 0.858. The van der Waals surface area contributed by atoms with Crippen LogP contribution < -0.4 is 5.32 Å². The second-order valence-corrected chi connectivity index (χ2v) is 5.02. The van der Waals surface area contributed by atoms with E-state index < -0.39 is 24.0 Å². The monoisotopic (exact) mass is 306 g/mol. The van der Waals surface area contributed by atoms with Gasteiger partial charge < -0.3 is 10.4 Å². The zero-order valence-corrected chi connectivity index (χ0v) is 12.2. The quantitative estimate of drug-likeness (QED) is 0.709. The van der Waals surface area contributed by atoms with Crippen molar-refractivity contribution in [1.82, 2.24) is 10.4 Å². The Hall–Kier alpha value is -2.41. The highest BCUT2D eigenvalue weighted by Crippen LogP contribution is 2.14. The van der Waals surface area contributed by atoms with Crippen molar-refractivity contribution in [2.75, 3.05) is 6.54 Å². The molecule has 1 fully saturated rings. The number of hydroxylamine groups is 2. The molecule has 1 heterocycles. The fourth-order valence-electron chi connectivity index (χ4n) is 2.07. The number of carbonyl (C=O) groups excluding carboxylic acids is 2. The Kier molecular flexibility index (Phi) is 5.11. The zero-order valence-electron chi connectivity index (χ0n) is 12.2. The fraction of sp³-hybridized carbons (Fsp3) is 0.400. The van der Waals surface area contributed by atoms with Crippen LogP contribution in [0.1, 0.15) is 18.9 Å². The molecular weight excluding hydrogens is 288 g/mol. The van der Waals surface area contributed by atoms with Gasteiger partial charge in [-0.05, 0) is 12.0 Å². The van der Waals surface area contributed by atoms with Crippen molar-refractivity contribution in [3.05, 3.63) is 35.9 Å². The number of nitrogens with one attached hydrogen (secondary N) is 1. The van der Waals surface area contributed by atoms with Crippen LogP contribution >= 0.6 is 0 Å². The van der Waals surface area contributed by atoms with E-state index in [9.17, 15) is 14.4 Å². The van der Waals surface area contributed by atoms with Crippen molar-refractivity contribution < 1.29 is 24.3 Å². The molecular formula is C15H18N2O5. The van der Waals surface area contributed by atoms with Crippen molar-refractivity contribution in [2.24, 2.45) is 0 Å². The Morgan fingerprint density at radius 3 is 2.64 bits per heavy atom. The molecule has 2 N–H and O–H groups in total. The van der Waals surface area contributed by atoms with E-state index in [2.05, 4.69) is 5.32 Å². The first-order chi connectivity index (χ1) is 10.5. The molecule has 2 amide bonds. The van der Waals surface area contributed by atoms with Crippen molar-refractivity contribution in [3.63, 3.8) is 0 Å². The Bertz CT molecular complexity index is 560. The molecule has 1 aliphatic rings. The lowest BCUT2D eigenvalue weighted by molar-refractivity contribution is -0.236. The minimum absolute atomic E-state index is 0.156. The molecule has 1 unspecified atom stereocenters. The first kappa shape index (κ1) is 16.0. The summed E-state index contributed by atoms with van der Waals surface area (Å²) in [6.45, 7) is 1.81. The Labute approximate surface area is 127 Å². The maximum atomic E-state index is 11.8. The van der Waals surface area contributed by atoms with Gasteiger partial charge in [-0.25, -0.2) is 9.86 Å². The van der Waals surface area contributed by atoms with Crippen molar-refractivity contribution >= 4 is 17.8 Å². The lowest BCUT2D eigenvalue weighted by Crippen LogP contribution is -2.64. The molecule has 0 saturated carbocycles. The largest absolute Gasteiger partial charge is 0.479 e. The average Bonchev–Trinajstić information content (AvgIpc) is 2.50. The highest BCUT2D eigenvalue weighted by molar-refractivity contribution is 5.92. The summed E-state index contributed by atoms with van der Waals surface area (Å²) in [4.78, 5) is 39.6. The SMILES string of the molecule is CC[C@H](ON1CC(NC(=O)Cc2ccccc2)C1=O)C(=O)O. The number of amides is 2. The van der Waals surface area contributed by atoms with Gasteiger partial charge in [0.1, 0.15) is 6.04 Å². The van der Waals surface area contributed by atoms with Gasteiger partial charge in [0.2, 0.25) is 5.91 Å². The van der Waals surface area contributed by atoms with Crippen molar-refractivity contribution in [1.29, 1.82) is 0 Å². The first-order valence-electron chi connectivity index (χ1n) is 7.05. The number of carboxylic acid groups (broad SMARTS) is 1. The molecule has 2 atom stereocenters. The number of nitrogens with zero attached hydrogens (tertiary/aromatic N) is 1. The van der Waals surface area contributed by atoms with Gasteiger partial charge in [0.05, 0.1) is 13.0 Å². The van der Waals surface area contributed by atoms with Crippen LogP contribution in [0.25, 0.3) is 0 Å². The van der Waals surface area contributed by atoms with Crippen LogP contribution in [0.4, 0.5) is 0 Å². The molecule has 1 aliphatic heterocycles. The summed E-state index contributed by atoms with van der Waals surface area (Å²) in [7, 11) is 0. The molecule has 118 valence electrons. The molecule has 0 aliphatic carbocycles. The van der Waals surface area contributed by atoms with Crippen LogP contribution in [0.5, 0.6) is 0 Å². The Balaban J connectivity index is 1.78. The topological polar surface area (TPSA) is 95.9 Å². The van der Waals surface area contributed by atoms with Gasteiger partial charge in [-0.15, -0.1) is 0 Å². The highest BCUT2D eigenvalue weighted by Gasteiger charge is 2.40. The zero-order chi connectivity index (χ0) is 16.1. The van der Waals surface area contributed by atoms with E-state index in [1.165, 1.54) is 0 Å². The molecule has 0 spiro atoms. The third-order valence-electron chi connectivity index (χ3n) is 3.34. The summed E-state index contributed by atoms with van der Waals surface area (Å²) in [5, 5.41) is 12.5. The number of aliphatic carboxylic acids is 1. The smallest absolute Gasteiger partial charge is 0.335 e. The number of rotatable bonds is 7. The summed E-state index contributed by atoms with van der Waals surface area (Å²) in [6, 6.07) is 8.54.